The molecule has 7 heteroatoms. The summed E-state index contributed by atoms with van der Waals surface area (Å²) in [6.45, 7) is 0. The number of nitrogens with one attached hydrogen (secondary N) is 3. The predicted molar refractivity (Wildman–Crippen MR) is 110 cm³/mol. The van der Waals surface area contributed by atoms with Crippen LogP contribution in [0.1, 0.15) is 28.3 Å². The molecule has 0 saturated heterocycles. The van der Waals surface area contributed by atoms with E-state index in [1.165, 1.54) is 0 Å². The van der Waals surface area contributed by atoms with Crippen molar-refractivity contribution in [1.29, 1.82) is 0 Å². The van der Waals surface area contributed by atoms with Gasteiger partial charge in [0.05, 0.1) is 5.92 Å². The van der Waals surface area contributed by atoms with Gasteiger partial charge < -0.3 is 16.0 Å². The summed E-state index contributed by atoms with van der Waals surface area (Å²) >= 11 is 0. The third kappa shape index (κ3) is 4.14. The van der Waals surface area contributed by atoms with Gasteiger partial charge in [0.1, 0.15) is 0 Å². The van der Waals surface area contributed by atoms with E-state index in [9.17, 15) is 14.4 Å². The summed E-state index contributed by atoms with van der Waals surface area (Å²) in [4.78, 5) is 40.8. The van der Waals surface area contributed by atoms with Crippen molar-refractivity contribution in [2.24, 2.45) is 0 Å². The minimum Gasteiger partial charge on any atom is -0.326 e. The van der Waals surface area contributed by atoms with Crippen molar-refractivity contribution in [3.8, 4) is 0 Å². The molecule has 3 aromatic rings. The number of benzene rings is 2. The number of aromatic nitrogens is 1. The van der Waals surface area contributed by atoms with Gasteiger partial charge in [-0.15, -0.1) is 0 Å². The number of carbonyl (C=O) groups is 3. The van der Waals surface area contributed by atoms with Gasteiger partial charge in [-0.25, -0.2) is 0 Å². The molecule has 0 aliphatic carbocycles. The van der Waals surface area contributed by atoms with Crippen LogP contribution in [0.15, 0.2) is 73.1 Å². The van der Waals surface area contributed by atoms with Crippen molar-refractivity contribution in [3.05, 3.63) is 84.2 Å². The number of carbonyl (C=O) groups excluding carboxylic acids is 3. The van der Waals surface area contributed by atoms with Gasteiger partial charge in [0, 0.05) is 41.4 Å². The first-order chi connectivity index (χ1) is 14.1. The van der Waals surface area contributed by atoms with E-state index in [-0.39, 0.29) is 24.1 Å². The molecule has 2 aromatic carbocycles. The van der Waals surface area contributed by atoms with Gasteiger partial charge in [-0.3, -0.25) is 19.4 Å². The van der Waals surface area contributed by atoms with Gasteiger partial charge in [-0.05, 0) is 42.0 Å². The van der Waals surface area contributed by atoms with Gasteiger partial charge in [0.2, 0.25) is 11.8 Å². The van der Waals surface area contributed by atoms with Gasteiger partial charge in [-0.1, -0.05) is 24.3 Å². The van der Waals surface area contributed by atoms with Gasteiger partial charge in [-0.2, -0.15) is 0 Å². The van der Waals surface area contributed by atoms with Crippen LogP contribution in [0.5, 0.6) is 0 Å². The van der Waals surface area contributed by atoms with E-state index in [4.69, 9.17) is 0 Å². The number of nitrogens with zero attached hydrogens (tertiary/aromatic N) is 1. The van der Waals surface area contributed by atoms with E-state index in [0.29, 0.717) is 16.9 Å². The smallest absolute Gasteiger partial charge is 0.255 e. The molecule has 3 N–H and O–H groups in total. The maximum atomic E-state index is 12.5. The number of hydrogen-bond acceptors (Lipinski definition) is 4. The number of para-hydroxylation sites is 1. The Bertz CT molecular complexity index is 1080. The molecule has 1 unspecified atom stereocenters. The van der Waals surface area contributed by atoms with E-state index in [1.807, 2.05) is 24.3 Å². The summed E-state index contributed by atoms with van der Waals surface area (Å²) in [7, 11) is 0. The molecule has 144 valence electrons. The van der Waals surface area contributed by atoms with Gasteiger partial charge >= 0.3 is 0 Å². The zero-order valence-electron chi connectivity index (χ0n) is 15.4. The van der Waals surface area contributed by atoms with Crippen LogP contribution >= 0.6 is 0 Å². The molecule has 0 bridgehead atoms. The summed E-state index contributed by atoms with van der Waals surface area (Å²) < 4.78 is 0. The fraction of sp³-hybridized carbons (Fsp3) is 0.0909. The minimum absolute atomic E-state index is 0.0381. The molecule has 1 aliphatic heterocycles. The Morgan fingerprint density at radius 3 is 2.45 bits per heavy atom. The number of hydrogen-bond donors (Lipinski definition) is 3. The monoisotopic (exact) mass is 386 g/mol. The number of amides is 3. The highest BCUT2D eigenvalue weighted by molar-refractivity contribution is 6.07. The third-order valence-electron chi connectivity index (χ3n) is 4.65. The Labute approximate surface area is 167 Å². The first kappa shape index (κ1) is 18.4. The summed E-state index contributed by atoms with van der Waals surface area (Å²) in [6.07, 6.45) is 3.13. The summed E-state index contributed by atoms with van der Waals surface area (Å²) in [6, 6.07) is 17.4. The highest BCUT2D eigenvalue weighted by Gasteiger charge is 2.31. The van der Waals surface area contributed by atoms with Crippen molar-refractivity contribution in [2.45, 2.75) is 12.3 Å². The largest absolute Gasteiger partial charge is 0.326 e. The first-order valence-electron chi connectivity index (χ1n) is 9.11. The summed E-state index contributed by atoms with van der Waals surface area (Å²) in [5, 5.41) is 8.37. The average molecular weight is 386 g/mol. The van der Waals surface area contributed by atoms with Crippen LogP contribution in [-0.2, 0) is 9.59 Å². The molecule has 1 aliphatic rings. The Hall–Kier alpha value is -4.00. The lowest BCUT2D eigenvalue weighted by molar-refractivity contribution is -0.122. The second-order valence-corrected chi connectivity index (χ2v) is 6.65. The second kappa shape index (κ2) is 7.93. The van der Waals surface area contributed by atoms with Crippen molar-refractivity contribution in [1.82, 2.24) is 4.98 Å². The number of pyridine rings is 1. The highest BCUT2D eigenvalue weighted by atomic mass is 16.2. The normalized spacial score (nSPS) is 14.6. The number of fused-ring (bicyclic) bond motifs is 1. The average Bonchev–Trinajstić information content (AvgIpc) is 3.04. The molecule has 29 heavy (non-hydrogen) atoms. The molecule has 4 rings (SSSR count). The molecular weight excluding hydrogens is 368 g/mol. The Balaban J connectivity index is 1.41. The van der Waals surface area contributed by atoms with E-state index < -0.39 is 5.92 Å². The first-order valence-corrected chi connectivity index (χ1v) is 9.11. The summed E-state index contributed by atoms with van der Waals surface area (Å²) in [5.41, 5.74) is 3.14. The van der Waals surface area contributed by atoms with Crippen LogP contribution in [-0.4, -0.2) is 22.7 Å². The molecule has 2 heterocycles. The zero-order valence-corrected chi connectivity index (χ0v) is 15.4. The Morgan fingerprint density at radius 1 is 0.931 bits per heavy atom. The SMILES string of the molecule is O=C(CC1C(=O)Nc2ccccc21)Nc1cccc(NC(=O)c2ccncc2)c1. The van der Waals surface area contributed by atoms with Crippen LogP contribution in [0.2, 0.25) is 0 Å². The molecule has 0 saturated carbocycles. The molecular formula is C22H18N4O3. The Kier molecular flexibility index (Phi) is 5.03. The second-order valence-electron chi connectivity index (χ2n) is 6.65. The number of rotatable bonds is 5. The lowest BCUT2D eigenvalue weighted by atomic mass is 9.97. The van der Waals surface area contributed by atoms with E-state index in [2.05, 4.69) is 20.9 Å². The molecule has 1 atom stereocenters. The van der Waals surface area contributed by atoms with Crippen LogP contribution in [0.4, 0.5) is 17.1 Å². The Morgan fingerprint density at radius 2 is 1.66 bits per heavy atom. The van der Waals surface area contributed by atoms with Crippen LogP contribution in [0, 0.1) is 0 Å². The maximum Gasteiger partial charge on any atom is 0.255 e. The lowest BCUT2D eigenvalue weighted by Gasteiger charge is -2.11. The van der Waals surface area contributed by atoms with Crippen LogP contribution in [0.3, 0.4) is 0 Å². The molecule has 7 nitrogen and oxygen atoms in total. The fourth-order valence-corrected chi connectivity index (χ4v) is 3.26. The maximum absolute atomic E-state index is 12.5. The number of anilines is 3. The molecule has 0 fully saturated rings. The van der Waals surface area contributed by atoms with Crippen molar-refractivity contribution in [3.63, 3.8) is 0 Å². The molecule has 3 amide bonds. The molecule has 0 radical (unpaired) electrons. The fourth-order valence-electron chi connectivity index (χ4n) is 3.26. The summed E-state index contributed by atoms with van der Waals surface area (Å²) in [5.74, 6) is -1.24. The van der Waals surface area contributed by atoms with Crippen LogP contribution < -0.4 is 16.0 Å². The highest BCUT2D eigenvalue weighted by Crippen LogP contribution is 2.34. The van der Waals surface area contributed by atoms with Crippen LogP contribution in [0.25, 0.3) is 0 Å². The quantitative estimate of drug-likeness (QED) is 0.626. The standard InChI is InChI=1S/C22H18N4O3/c27-20(13-18-17-6-1-2-7-19(17)26-22(18)29)24-15-4-3-5-16(12-15)25-21(28)14-8-10-23-11-9-14/h1-12,18H,13H2,(H,24,27)(H,25,28)(H,26,29). The van der Waals surface area contributed by atoms with Crippen molar-refractivity contribution in [2.75, 3.05) is 16.0 Å². The van der Waals surface area contributed by atoms with Crippen molar-refractivity contribution >= 4 is 34.8 Å². The minimum atomic E-state index is -0.513. The van der Waals surface area contributed by atoms with E-state index >= 15 is 0 Å². The topological polar surface area (TPSA) is 100 Å². The molecule has 1 aromatic heterocycles. The van der Waals surface area contributed by atoms with Gasteiger partial charge in [0.15, 0.2) is 0 Å². The zero-order chi connectivity index (χ0) is 20.2. The lowest BCUT2D eigenvalue weighted by Crippen LogP contribution is -2.20. The van der Waals surface area contributed by atoms with E-state index in [1.54, 1.807) is 48.8 Å². The third-order valence-corrected chi connectivity index (χ3v) is 4.65. The predicted octanol–water partition coefficient (Wildman–Crippen LogP) is 3.40. The van der Waals surface area contributed by atoms with Crippen molar-refractivity contribution < 1.29 is 14.4 Å². The van der Waals surface area contributed by atoms with E-state index in [0.717, 1.165) is 11.3 Å². The molecule has 0 spiro atoms. The van der Waals surface area contributed by atoms with Gasteiger partial charge in [0.25, 0.3) is 5.91 Å².